The lowest BCUT2D eigenvalue weighted by Gasteiger charge is -2.27. The monoisotopic (exact) mass is 564 g/mol. The Morgan fingerprint density at radius 3 is 2.44 bits per heavy atom. The Bertz CT molecular complexity index is 1670. The summed E-state index contributed by atoms with van der Waals surface area (Å²) in [6.45, 7) is 1.35. The van der Waals surface area contributed by atoms with Crippen molar-refractivity contribution in [2.75, 3.05) is 16.8 Å². The van der Waals surface area contributed by atoms with Crippen LogP contribution in [0.1, 0.15) is 18.9 Å². The van der Waals surface area contributed by atoms with Gasteiger partial charge in [-0.05, 0) is 66.6 Å². The summed E-state index contributed by atoms with van der Waals surface area (Å²) in [5, 5.41) is 3.96. The Hall–Kier alpha value is -3.99. The van der Waals surface area contributed by atoms with Crippen LogP contribution in [0.5, 0.6) is 0 Å². The molecule has 0 saturated carbocycles. The average Bonchev–Trinajstić information content (AvgIpc) is 3.44. The Balaban J connectivity index is 1.47. The van der Waals surface area contributed by atoms with Gasteiger partial charge >= 0.3 is 0 Å². The fraction of sp³-hybridized carbons (Fsp3) is 0.179. The van der Waals surface area contributed by atoms with Crippen LogP contribution in [0.15, 0.2) is 83.9 Å². The number of hydrogen-bond acceptors (Lipinski definition) is 5. The van der Waals surface area contributed by atoms with Gasteiger partial charge in [-0.2, -0.15) is 4.31 Å². The number of aromatic nitrogens is 1. The highest BCUT2D eigenvalue weighted by molar-refractivity contribution is 7.89. The second-order valence-corrected chi connectivity index (χ2v) is 11.5. The quantitative estimate of drug-likeness (QED) is 0.308. The largest absolute Gasteiger partial charge is 0.361 e. The first-order chi connectivity index (χ1) is 18.6. The minimum Gasteiger partial charge on any atom is -0.361 e. The number of amides is 3. The molecule has 1 unspecified atom stereocenters. The van der Waals surface area contributed by atoms with Crippen molar-refractivity contribution in [2.45, 2.75) is 30.7 Å². The van der Waals surface area contributed by atoms with Gasteiger partial charge in [-0.25, -0.2) is 13.3 Å². The van der Waals surface area contributed by atoms with Crippen LogP contribution in [0.25, 0.3) is 10.9 Å². The van der Waals surface area contributed by atoms with Crippen LogP contribution in [0, 0.1) is 0 Å². The van der Waals surface area contributed by atoms with Crippen LogP contribution in [-0.2, 0) is 30.8 Å². The van der Waals surface area contributed by atoms with Gasteiger partial charge in [0.1, 0.15) is 6.04 Å². The molecule has 39 heavy (non-hydrogen) atoms. The van der Waals surface area contributed by atoms with E-state index in [1.54, 1.807) is 12.1 Å². The van der Waals surface area contributed by atoms with Gasteiger partial charge in [0.15, 0.2) is 0 Å². The van der Waals surface area contributed by atoms with Gasteiger partial charge in [0, 0.05) is 41.3 Å². The molecule has 4 aromatic rings. The predicted molar refractivity (Wildman–Crippen MR) is 149 cm³/mol. The Morgan fingerprint density at radius 1 is 1.05 bits per heavy atom. The lowest BCUT2D eigenvalue weighted by molar-refractivity contribution is -0.122. The third-order valence-electron chi connectivity index (χ3n) is 6.61. The molecule has 9 nitrogen and oxygen atoms in total. The molecule has 1 atom stereocenters. The number of sulfonamides is 1. The summed E-state index contributed by atoms with van der Waals surface area (Å²) in [5.41, 5.74) is 2.61. The zero-order chi connectivity index (χ0) is 27.7. The van der Waals surface area contributed by atoms with Gasteiger partial charge < -0.3 is 10.3 Å². The number of imide groups is 1. The Morgan fingerprint density at radius 2 is 1.74 bits per heavy atom. The fourth-order valence-electron chi connectivity index (χ4n) is 4.76. The van der Waals surface area contributed by atoms with Gasteiger partial charge in [-0.15, -0.1) is 0 Å². The number of carbonyl (C=O) groups is 3. The van der Waals surface area contributed by atoms with Crippen molar-refractivity contribution in [3.8, 4) is 0 Å². The molecular formula is C28H25ClN4O5S. The van der Waals surface area contributed by atoms with E-state index in [0.29, 0.717) is 22.8 Å². The maximum Gasteiger partial charge on any atom is 0.252 e. The van der Waals surface area contributed by atoms with E-state index in [0.717, 1.165) is 25.7 Å². The molecule has 1 fully saturated rings. The molecule has 1 saturated heterocycles. The molecule has 200 valence electrons. The highest BCUT2D eigenvalue weighted by Gasteiger charge is 2.46. The molecule has 11 heteroatoms. The van der Waals surface area contributed by atoms with Crippen LogP contribution in [-0.4, -0.2) is 48.0 Å². The normalized spacial score (nSPS) is 15.9. The molecule has 5 rings (SSSR count). The van der Waals surface area contributed by atoms with Gasteiger partial charge in [-0.1, -0.05) is 29.8 Å². The van der Waals surface area contributed by atoms with E-state index in [1.165, 1.54) is 43.3 Å². The van der Waals surface area contributed by atoms with Crippen LogP contribution in [0.3, 0.4) is 0 Å². The van der Waals surface area contributed by atoms with Crippen molar-refractivity contribution in [2.24, 2.45) is 0 Å². The maximum absolute atomic E-state index is 13.8. The SMILES string of the molecule is CC(=O)Nc1ccc(N2C(=O)CC(N(CCc3c[nH]c4ccccc34)S(=O)(=O)c3ccc(Cl)cc3)C2=O)cc1. The number of nitrogens with one attached hydrogen (secondary N) is 2. The number of para-hydroxylation sites is 1. The molecular weight excluding hydrogens is 540 g/mol. The van der Waals surface area contributed by atoms with E-state index >= 15 is 0 Å². The van der Waals surface area contributed by atoms with Gasteiger partial charge in [-0.3, -0.25) is 14.4 Å². The lowest BCUT2D eigenvalue weighted by Crippen LogP contribution is -2.46. The van der Waals surface area contributed by atoms with Gasteiger partial charge in [0.25, 0.3) is 5.91 Å². The van der Waals surface area contributed by atoms with Crippen molar-refractivity contribution in [3.63, 3.8) is 0 Å². The number of H-pyrrole nitrogens is 1. The van der Waals surface area contributed by atoms with E-state index in [1.807, 2.05) is 30.5 Å². The van der Waals surface area contributed by atoms with Crippen molar-refractivity contribution in [3.05, 3.63) is 89.6 Å². The van der Waals surface area contributed by atoms with Crippen LogP contribution in [0.2, 0.25) is 5.02 Å². The molecule has 2 heterocycles. The molecule has 1 aromatic heterocycles. The summed E-state index contributed by atoms with van der Waals surface area (Å²) in [6.07, 6.45) is 1.84. The predicted octanol–water partition coefficient (Wildman–Crippen LogP) is 4.35. The molecule has 2 N–H and O–H groups in total. The van der Waals surface area contributed by atoms with Crippen molar-refractivity contribution >= 4 is 61.6 Å². The van der Waals surface area contributed by atoms with Gasteiger partial charge in [0.05, 0.1) is 17.0 Å². The second-order valence-electron chi connectivity index (χ2n) is 9.19. The van der Waals surface area contributed by atoms with Crippen LogP contribution >= 0.6 is 11.6 Å². The molecule has 0 bridgehead atoms. The zero-order valence-corrected chi connectivity index (χ0v) is 22.5. The number of halogens is 1. The third-order valence-corrected chi connectivity index (χ3v) is 8.79. The zero-order valence-electron chi connectivity index (χ0n) is 20.9. The first-order valence-corrected chi connectivity index (χ1v) is 14.0. The topological polar surface area (TPSA) is 120 Å². The number of hydrogen-bond donors (Lipinski definition) is 2. The Kier molecular flexibility index (Phi) is 7.26. The highest BCUT2D eigenvalue weighted by atomic mass is 35.5. The fourth-order valence-corrected chi connectivity index (χ4v) is 6.47. The smallest absolute Gasteiger partial charge is 0.252 e. The maximum atomic E-state index is 13.8. The summed E-state index contributed by atoms with van der Waals surface area (Å²) in [5.74, 6) is -1.40. The number of benzene rings is 3. The minimum absolute atomic E-state index is 0.0220. The van der Waals surface area contributed by atoms with E-state index in [2.05, 4.69) is 10.3 Å². The standard InChI is InChI=1S/C28H25ClN4O5S/c1-18(34)31-21-8-10-22(11-9-21)33-27(35)16-26(28(33)36)32(39(37,38)23-12-6-20(29)7-13-23)15-14-19-17-30-25-5-3-2-4-24(19)25/h2-13,17,26,30H,14-16H2,1H3,(H,31,34). The highest BCUT2D eigenvalue weighted by Crippen LogP contribution is 2.31. The third kappa shape index (κ3) is 5.31. The van der Waals surface area contributed by atoms with E-state index < -0.39 is 27.9 Å². The molecule has 1 aliphatic rings. The van der Waals surface area contributed by atoms with Gasteiger partial charge in [0.2, 0.25) is 21.8 Å². The van der Waals surface area contributed by atoms with Crippen LogP contribution in [0.4, 0.5) is 11.4 Å². The number of carbonyl (C=O) groups excluding carboxylic acids is 3. The average molecular weight is 565 g/mol. The summed E-state index contributed by atoms with van der Waals surface area (Å²) in [6, 6.07) is 18.4. The number of nitrogens with zero attached hydrogens (tertiary/aromatic N) is 2. The molecule has 0 radical (unpaired) electrons. The van der Waals surface area contributed by atoms with E-state index in [9.17, 15) is 22.8 Å². The number of aromatic amines is 1. The lowest BCUT2D eigenvalue weighted by atomic mass is 10.1. The Labute approximate surface area is 230 Å². The molecule has 0 spiro atoms. The first kappa shape index (κ1) is 26.6. The van der Waals surface area contributed by atoms with E-state index in [-0.39, 0.29) is 23.8 Å². The molecule has 3 aromatic carbocycles. The second kappa shape index (κ2) is 10.6. The summed E-state index contributed by atoms with van der Waals surface area (Å²) >= 11 is 5.98. The summed E-state index contributed by atoms with van der Waals surface area (Å²) < 4.78 is 28.8. The molecule has 0 aliphatic carbocycles. The number of rotatable bonds is 8. The van der Waals surface area contributed by atoms with Crippen molar-refractivity contribution in [1.29, 1.82) is 0 Å². The van der Waals surface area contributed by atoms with Crippen molar-refractivity contribution in [1.82, 2.24) is 9.29 Å². The first-order valence-electron chi connectivity index (χ1n) is 12.2. The van der Waals surface area contributed by atoms with Crippen molar-refractivity contribution < 1.29 is 22.8 Å². The van der Waals surface area contributed by atoms with Crippen LogP contribution < -0.4 is 10.2 Å². The van der Waals surface area contributed by atoms with E-state index in [4.69, 9.17) is 11.6 Å². The minimum atomic E-state index is -4.17. The number of fused-ring (bicyclic) bond motifs is 1. The number of anilines is 2. The summed E-state index contributed by atoms with van der Waals surface area (Å²) in [4.78, 5) is 42.2. The molecule has 3 amide bonds. The molecule has 1 aliphatic heterocycles. The summed E-state index contributed by atoms with van der Waals surface area (Å²) in [7, 11) is -4.17.